The fourth-order valence-corrected chi connectivity index (χ4v) is 4.51. The maximum atomic E-state index is 12.8. The summed E-state index contributed by atoms with van der Waals surface area (Å²) in [6.45, 7) is 0. The topological polar surface area (TPSA) is 89.8 Å². The summed E-state index contributed by atoms with van der Waals surface area (Å²) < 4.78 is 32.0. The van der Waals surface area contributed by atoms with Gasteiger partial charge in [0.15, 0.2) is 4.90 Å². The standard InChI is InChI=1S/C15H22N2O5S/c1-16(12-7-5-3-4-6-8-12)23(20,21)15-10-9-13(22-2)11-14(15)17(18)19/h9-12H,3-8H2,1-2H3. The lowest BCUT2D eigenvalue weighted by molar-refractivity contribution is -0.387. The molecule has 0 amide bonds. The van der Waals surface area contributed by atoms with Crippen molar-refractivity contribution in [2.24, 2.45) is 0 Å². The molecule has 1 saturated carbocycles. The Bertz CT molecular complexity index is 666. The number of nitrogens with zero attached hydrogens (tertiary/aromatic N) is 2. The van der Waals surface area contributed by atoms with E-state index in [0.29, 0.717) is 0 Å². The van der Waals surface area contributed by atoms with Gasteiger partial charge in [0.25, 0.3) is 5.69 Å². The molecule has 0 N–H and O–H groups in total. The molecule has 1 fully saturated rings. The molecule has 0 heterocycles. The second-order valence-corrected chi connectivity index (χ2v) is 7.72. The zero-order valence-electron chi connectivity index (χ0n) is 13.4. The Morgan fingerprint density at radius 2 is 1.83 bits per heavy atom. The van der Waals surface area contributed by atoms with Crippen molar-refractivity contribution >= 4 is 15.7 Å². The first-order valence-electron chi connectivity index (χ1n) is 7.68. The molecule has 0 unspecified atom stereocenters. The van der Waals surface area contributed by atoms with E-state index in [1.54, 1.807) is 0 Å². The summed E-state index contributed by atoms with van der Waals surface area (Å²) in [5.74, 6) is 0.257. The van der Waals surface area contributed by atoms with Crippen molar-refractivity contribution in [1.29, 1.82) is 0 Å². The fourth-order valence-electron chi connectivity index (χ4n) is 2.96. The third kappa shape index (κ3) is 3.81. The molecule has 128 valence electrons. The summed E-state index contributed by atoms with van der Waals surface area (Å²) in [5, 5.41) is 11.3. The number of benzene rings is 1. The molecule has 0 aliphatic heterocycles. The summed E-state index contributed by atoms with van der Waals surface area (Å²) in [6, 6.07) is 3.72. The minimum absolute atomic E-state index is 0.107. The fraction of sp³-hybridized carbons (Fsp3) is 0.600. The molecular weight excluding hydrogens is 320 g/mol. The minimum Gasteiger partial charge on any atom is -0.497 e. The normalized spacial score (nSPS) is 17.0. The number of rotatable bonds is 5. The number of hydrogen-bond donors (Lipinski definition) is 0. The Morgan fingerprint density at radius 1 is 1.22 bits per heavy atom. The van der Waals surface area contributed by atoms with Crippen LogP contribution in [0.25, 0.3) is 0 Å². The van der Waals surface area contributed by atoms with E-state index in [1.165, 1.54) is 30.6 Å². The summed E-state index contributed by atoms with van der Waals surface area (Å²) >= 11 is 0. The molecule has 7 nitrogen and oxygen atoms in total. The highest BCUT2D eigenvalue weighted by atomic mass is 32.2. The first-order chi connectivity index (χ1) is 10.9. The second kappa shape index (κ2) is 7.27. The van der Waals surface area contributed by atoms with Gasteiger partial charge in [-0.2, -0.15) is 4.31 Å². The average molecular weight is 342 g/mol. The molecule has 23 heavy (non-hydrogen) atoms. The highest BCUT2D eigenvalue weighted by Gasteiger charge is 2.34. The summed E-state index contributed by atoms with van der Waals surface area (Å²) in [5.41, 5.74) is -0.454. The number of ether oxygens (including phenoxy) is 1. The number of hydrogen-bond acceptors (Lipinski definition) is 5. The Kier molecular flexibility index (Phi) is 5.59. The maximum Gasteiger partial charge on any atom is 0.293 e. The Balaban J connectivity index is 2.40. The van der Waals surface area contributed by atoms with Crippen LogP contribution in [-0.2, 0) is 10.0 Å². The smallest absolute Gasteiger partial charge is 0.293 e. The number of methoxy groups -OCH3 is 1. The zero-order valence-corrected chi connectivity index (χ0v) is 14.2. The summed E-state index contributed by atoms with van der Waals surface area (Å²) in [7, 11) is -1.03. The van der Waals surface area contributed by atoms with Crippen molar-refractivity contribution in [1.82, 2.24) is 4.31 Å². The Hall–Kier alpha value is -1.67. The van der Waals surface area contributed by atoms with Crippen LogP contribution in [0.1, 0.15) is 38.5 Å². The van der Waals surface area contributed by atoms with Crippen molar-refractivity contribution in [3.05, 3.63) is 28.3 Å². The molecule has 1 aromatic carbocycles. The van der Waals surface area contributed by atoms with E-state index in [-0.39, 0.29) is 16.7 Å². The molecule has 1 aliphatic carbocycles. The van der Waals surface area contributed by atoms with Crippen molar-refractivity contribution in [3.63, 3.8) is 0 Å². The first kappa shape index (κ1) is 17.7. The van der Waals surface area contributed by atoms with Crippen LogP contribution in [-0.4, -0.2) is 37.8 Å². The molecule has 1 aliphatic rings. The van der Waals surface area contributed by atoms with Gasteiger partial charge >= 0.3 is 0 Å². The van der Waals surface area contributed by atoms with Crippen LogP contribution in [0.4, 0.5) is 5.69 Å². The molecular formula is C15H22N2O5S. The van der Waals surface area contributed by atoms with Gasteiger partial charge in [-0.15, -0.1) is 0 Å². The van der Waals surface area contributed by atoms with E-state index in [1.807, 2.05) is 0 Å². The van der Waals surface area contributed by atoms with Gasteiger partial charge in [0.1, 0.15) is 5.75 Å². The SMILES string of the molecule is COc1ccc(S(=O)(=O)N(C)C2CCCCCC2)c([N+](=O)[O-])c1. The maximum absolute atomic E-state index is 12.8. The minimum atomic E-state index is -3.92. The third-order valence-electron chi connectivity index (χ3n) is 4.36. The molecule has 2 rings (SSSR count). The van der Waals surface area contributed by atoms with E-state index in [4.69, 9.17) is 4.74 Å². The number of nitro benzene ring substituents is 1. The third-order valence-corrected chi connectivity index (χ3v) is 6.32. The van der Waals surface area contributed by atoms with Crippen molar-refractivity contribution < 1.29 is 18.1 Å². The summed E-state index contributed by atoms with van der Waals surface area (Å²) in [4.78, 5) is 10.3. The van der Waals surface area contributed by atoms with Crippen molar-refractivity contribution in [2.45, 2.75) is 49.5 Å². The van der Waals surface area contributed by atoms with Crippen LogP contribution >= 0.6 is 0 Å². The average Bonchev–Trinajstić information content (AvgIpc) is 2.82. The molecule has 0 radical (unpaired) electrons. The van der Waals surface area contributed by atoms with Gasteiger partial charge < -0.3 is 4.74 Å². The van der Waals surface area contributed by atoms with Crippen LogP contribution in [0.3, 0.4) is 0 Å². The molecule has 0 bridgehead atoms. The van der Waals surface area contributed by atoms with Gasteiger partial charge in [-0.05, 0) is 25.0 Å². The first-order valence-corrected chi connectivity index (χ1v) is 9.12. The van der Waals surface area contributed by atoms with Crippen LogP contribution < -0.4 is 4.74 Å². The molecule has 0 spiro atoms. The van der Waals surface area contributed by atoms with Gasteiger partial charge in [0.2, 0.25) is 10.0 Å². The largest absolute Gasteiger partial charge is 0.497 e. The molecule has 8 heteroatoms. The van der Waals surface area contributed by atoms with Crippen LogP contribution in [0.15, 0.2) is 23.1 Å². The molecule has 0 atom stereocenters. The highest BCUT2D eigenvalue weighted by molar-refractivity contribution is 7.89. The predicted octanol–water partition coefficient (Wildman–Crippen LogP) is 2.95. The van der Waals surface area contributed by atoms with Crippen molar-refractivity contribution in [2.75, 3.05) is 14.2 Å². The quantitative estimate of drug-likeness (QED) is 0.466. The van der Waals surface area contributed by atoms with Crippen LogP contribution in [0.2, 0.25) is 0 Å². The highest BCUT2D eigenvalue weighted by Crippen LogP contribution is 2.32. The monoisotopic (exact) mass is 342 g/mol. The number of nitro groups is 1. The van der Waals surface area contributed by atoms with E-state index in [0.717, 1.165) is 44.6 Å². The van der Waals surface area contributed by atoms with Crippen molar-refractivity contribution in [3.8, 4) is 5.75 Å². The zero-order chi connectivity index (χ0) is 17.0. The Morgan fingerprint density at radius 3 is 2.35 bits per heavy atom. The second-order valence-electron chi connectivity index (χ2n) is 5.76. The van der Waals surface area contributed by atoms with Gasteiger partial charge in [0, 0.05) is 13.1 Å². The lowest BCUT2D eigenvalue weighted by Gasteiger charge is -2.26. The Labute approximate surface area is 136 Å². The lowest BCUT2D eigenvalue weighted by atomic mass is 10.1. The van der Waals surface area contributed by atoms with Crippen LogP contribution in [0.5, 0.6) is 5.75 Å². The predicted molar refractivity (Wildman–Crippen MR) is 86.1 cm³/mol. The van der Waals surface area contributed by atoms with Gasteiger partial charge in [0.05, 0.1) is 18.1 Å². The van der Waals surface area contributed by atoms with Gasteiger partial charge in [-0.1, -0.05) is 25.7 Å². The molecule has 1 aromatic rings. The molecule has 0 aromatic heterocycles. The van der Waals surface area contributed by atoms with Gasteiger partial charge in [-0.25, -0.2) is 8.42 Å². The number of sulfonamides is 1. The van der Waals surface area contributed by atoms with Gasteiger partial charge in [-0.3, -0.25) is 10.1 Å². The summed E-state index contributed by atoms with van der Waals surface area (Å²) in [6.07, 6.45) is 5.75. The van der Waals surface area contributed by atoms with E-state index in [9.17, 15) is 18.5 Å². The lowest BCUT2D eigenvalue weighted by Crippen LogP contribution is -2.37. The van der Waals surface area contributed by atoms with E-state index in [2.05, 4.69) is 0 Å². The van der Waals surface area contributed by atoms with E-state index >= 15 is 0 Å². The van der Waals surface area contributed by atoms with E-state index < -0.39 is 20.6 Å². The van der Waals surface area contributed by atoms with Crippen LogP contribution in [0, 0.1) is 10.1 Å². The molecule has 0 saturated heterocycles.